The molecule has 0 aromatic heterocycles. The van der Waals surface area contributed by atoms with E-state index in [0.717, 1.165) is 51.4 Å². The zero-order valence-electron chi connectivity index (χ0n) is 22.4. The molecule has 0 unspecified atom stereocenters. The van der Waals surface area contributed by atoms with Gasteiger partial charge in [0.25, 0.3) is 0 Å². The number of benzene rings is 1. The third-order valence-electron chi connectivity index (χ3n) is 9.61. The molecular formula is C30H39N3O5. The highest BCUT2D eigenvalue weighted by molar-refractivity contribution is 6.03. The lowest BCUT2D eigenvalue weighted by atomic mass is 9.74. The average molecular weight is 522 g/mol. The van der Waals surface area contributed by atoms with Gasteiger partial charge in [0.2, 0.25) is 17.7 Å². The monoisotopic (exact) mass is 521 g/mol. The summed E-state index contributed by atoms with van der Waals surface area (Å²) in [5.41, 5.74) is -0.511. The number of nitrogens with zero attached hydrogens (tertiary/aromatic N) is 1. The molecule has 2 N–H and O–H groups in total. The second-order valence-corrected chi connectivity index (χ2v) is 11.8. The topological polar surface area (TPSA) is 97.0 Å². The Labute approximate surface area is 224 Å². The first-order valence-electron chi connectivity index (χ1n) is 14.4. The predicted molar refractivity (Wildman–Crippen MR) is 142 cm³/mol. The molecule has 4 fully saturated rings. The van der Waals surface area contributed by atoms with E-state index in [9.17, 15) is 14.4 Å². The molecule has 6 rings (SSSR count). The van der Waals surface area contributed by atoms with Gasteiger partial charge in [0, 0.05) is 23.8 Å². The molecule has 2 saturated carbocycles. The van der Waals surface area contributed by atoms with E-state index in [-0.39, 0.29) is 29.8 Å². The first-order valence-corrected chi connectivity index (χ1v) is 14.4. The van der Waals surface area contributed by atoms with Crippen LogP contribution in [0, 0.1) is 17.8 Å². The van der Waals surface area contributed by atoms with Crippen LogP contribution in [0.1, 0.15) is 64.7 Å². The molecule has 1 aromatic rings. The molecule has 7 atom stereocenters. The molecule has 8 nitrogen and oxygen atoms in total. The lowest BCUT2D eigenvalue weighted by Crippen LogP contribution is -2.59. The van der Waals surface area contributed by atoms with Gasteiger partial charge in [0.05, 0.1) is 25.0 Å². The molecule has 1 spiro atoms. The van der Waals surface area contributed by atoms with Gasteiger partial charge in [-0.15, -0.1) is 0 Å². The molecular weight excluding hydrogens is 482 g/mol. The first-order chi connectivity index (χ1) is 18.4. The molecule has 2 saturated heterocycles. The van der Waals surface area contributed by atoms with E-state index in [1.165, 1.54) is 6.42 Å². The maximum atomic E-state index is 14.2. The van der Waals surface area contributed by atoms with Crippen LogP contribution in [0.15, 0.2) is 36.4 Å². The summed E-state index contributed by atoms with van der Waals surface area (Å²) in [7, 11) is 1.58. The third-order valence-corrected chi connectivity index (χ3v) is 9.61. The van der Waals surface area contributed by atoms with Crippen LogP contribution >= 0.6 is 0 Å². The number of nitrogens with one attached hydrogen (secondary N) is 2. The Morgan fingerprint density at radius 3 is 2.58 bits per heavy atom. The van der Waals surface area contributed by atoms with Gasteiger partial charge in [-0.3, -0.25) is 14.4 Å². The highest BCUT2D eigenvalue weighted by Crippen LogP contribution is 2.56. The zero-order chi connectivity index (χ0) is 26.4. The normalized spacial score (nSPS) is 36.3. The summed E-state index contributed by atoms with van der Waals surface area (Å²) in [6.07, 6.45) is 12.6. The van der Waals surface area contributed by atoms with E-state index < -0.39 is 29.6 Å². The van der Waals surface area contributed by atoms with Crippen LogP contribution in [-0.4, -0.2) is 59.6 Å². The van der Waals surface area contributed by atoms with Gasteiger partial charge in [0.15, 0.2) is 0 Å². The number of rotatable bonds is 6. The van der Waals surface area contributed by atoms with Crippen molar-refractivity contribution in [1.29, 1.82) is 0 Å². The van der Waals surface area contributed by atoms with Gasteiger partial charge in [-0.2, -0.15) is 0 Å². The highest BCUT2D eigenvalue weighted by atomic mass is 16.5. The van der Waals surface area contributed by atoms with E-state index >= 15 is 0 Å². The summed E-state index contributed by atoms with van der Waals surface area (Å²) < 4.78 is 11.8. The van der Waals surface area contributed by atoms with Crippen molar-refractivity contribution in [2.45, 2.75) is 94.5 Å². The van der Waals surface area contributed by atoms with Crippen molar-refractivity contribution in [2.75, 3.05) is 12.4 Å². The van der Waals surface area contributed by atoms with Crippen LogP contribution < -0.4 is 15.4 Å². The standard InChI is InChI=1S/C30H39N3O5/c1-18-9-6-7-14-22(18)32-28(35)26-30-16-15-23(38-30)24(27(34)31-19-10-8-13-21(17-19)37-2)25(30)29(36)33(26)20-11-4-3-5-12-20/h8,10,13,15-18,20,22-26H,3-7,9,11-12,14H2,1-2H3,(H,31,34)(H,32,35)/t18-,22-,23+,24-,25+,26+,30+/m0/s1. The molecule has 3 heterocycles. The molecule has 3 amide bonds. The minimum Gasteiger partial charge on any atom is -0.497 e. The number of amides is 3. The van der Waals surface area contributed by atoms with E-state index in [1.54, 1.807) is 19.2 Å². The average Bonchev–Trinajstić information content (AvgIpc) is 3.58. The van der Waals surface area contributed by atoms with Crippen LogP contribution in [0.2, 0.25) is 0 Å². The van der Waals surface area contributed by atoms with E-state index in [1.807, 2.05) is 29.2 Å². The largest absolute Gasteiger partial charge is 0.497 e. The molecule has 204 valence electrons. The second kappa shape index (κ2) is 10.0. The first kappa shape index (κ1) is 25.4. The minimum absolute atomic E-state index is 0.00565. The minimum atomic E-state index is -1.11. The van der Waals surface area contributed by atoms with E-state index in [4.69, 9.17) is 9.47 Å². The van der Waals surface area contributed by atoms with Crippen molar-refractivity contribution in [3.05, 3.63) is 36.4 Å². The van der Waals surface area contributed by atoms with Gasteiger partial charge < -0.3 is 25.0 Å². The van der Waals surface area contributed by atoms with Crippen molar-refractivity contribution in [3.8, 4) is 5.75 Å². The molecule has 1 aromatic carbocycles. The Kier molecular flexibility index (Phi) is 6.70. The predicted octanol–water partition coefficient (Wildman–Crippen LogP) is 3.81. The summed E-state index contributed by atoms with van der Waals surface area (Å²) in [6, 6.07) is 6.51. The number of carbonyl (C=O) groups excluding carboxylic acids is 3. The summed E-state index contributed by atoms with van der Waals surface area (Å²) in [5.74, 6) is -0.897. The Bertz CT molecular complexity index is 1130. The summed E-state index contributed by atoms with van der Waals surface area (Å²) in [4.78, 5) is 43.8. The Hall–Kier alpha value is -2.87. The number of anilines is 1. The SMILES string of the molecule is COc1cccc(NC(=O)[C@H]2[C@H]3C=C[C@@]4(O3)[C@H]2C(=O)N(C2CCCCC2)[C@@H]4C(=O)N[C@H]2CCCC[C@@H]2C)c1. The lowest BCUT2D eigenvalue weighted by molar-refractivity contribution is -0.145. The molecule has 2 aliphatic carbocycles. The summed E-state index contributed by atoms with van der Waals surface area (Å²) >= 11 is 0. The summed E-state index contributed by atoms with van der Waals surface area (Å²) in [5, 5.41) is 6.30. The fraction of sp³-hybridized carbons (Fsp3) is 0.633. The van der Waals surface area contributed by atoms with Gasteiger partial charge in [-0.25, -0.2) is 0 Å². The molecule has 8 heteroatoms. The Balaban J connectivity index is 1.31. The number of hydrogen-bond acceptors (Lipinski definition) is 5. The van der Waals surface area contributed by atoms with Crippen molar-refractivity contribution in [1.82, 2.24) is 10.2 Å². The molecule has 0 radical (unpaired) electrons. The van der Waals surface area contributed by atoms with Gasteiger partial charge in [-0.1, -0.05) is 57.2 Å². The number of ether oxygens (including phenoxy) is 2. The quantitative estimate of drug-likeness (QED) is 0.555. The fourth-order valence-electron chi connectivity index (χ4n) is 7.68. The fourth-order valence-corrected chi connectivity index (χ4v) is 7.68. The number of methoxy groups -OCH3 is 1. The third kappa shape index (κ3) is 4.12. The number of fused-ring (bicyclic) bond motifs is 1. The lowest BCUT2D eigenvalue weighted by Gasteiger charge is -2.40. The smallest absolute Gasteiger partial charge is 0.246 e. The highest BCUT2D eigenvalue weighted by Gasteiger charge is 2.73. The molecule has 38 heavy (non-hydrogen) atoms. The van der Waals surface area contributed by atoms with Gasteiger partial charge in [0.1, 0.15) is 17.4 Å². The van der Waals surface area contributed by atoms with Crippen molar-refractivity contribution in [2.24, 2.45) is 17.8 Å². The van der Waals surface area contributed by atoms with Crippen LogP contribution in [0.5, 0.6) is 5.75 Å². The molecule has 2 bridgehead atoms. The van der Waals surface area contributed by atoms with E-state index in [2.05, 4.69) is 17.6 Å². The number of carbonyl (C=O) groups is 3. The number of likely N-dealkylation sites (tertiary alicyclic amines) is 1. The van der Waals surface area contributed by atoms with Crippen molar-refractivity contribution >= 4 is 23.4 Å². The van der Waals surface area contributed by atoms with Crippen LogP contribution in [-0.2, 0) is 19.1 Å². The maximum Gasteiger partial charge on any atom is 0.246 e. The van der Waals surface area contributed by atoms with Crippen molar-refractivity contribution in [3.63, 3.8) is 0 Å². The van der Waals surface area contributed by atoms with Crippen molar-refractivity contribution < 1.29 is 23.9 Å². The van der Waals surface area contributed by atoms with Gasteiger partial charge >= 0.3 is 0 Å². The van der Waals surface area contributed by atoms with E-state index in [0.29, 0.717) is 17.4 Å². The maximum absolute atomic E-state index is 14.2. The Morgan fingerprint density at radius 2 is 1.82 bits per heavy atom. The number of hydrogen-bond donors (Lipinski definition) is 2. The second-order valence-electron chi connectivity index (χ2n) is 11.8. The van der Waals surface area contributed by atoms with Crippen LogP contribution in [0.25, 0.3) is 0 Å². The van der Waals surface area contributed by atoms with Gasteiger partial charge in [-0.05, 0) is 43.7 Å². The van der Waals surface area contributed by atoms with Crippen LogP contribution in [0.4, 0.5) is 5.69 Å². The Morgan fingerprint density at radius 1 is 1.05 bits per heavy atom. The molecule has 3 aliphatic heterocycles. The van der Waals surface area contributed by atoms with Crippen LogP contribution in [0.3, 0.4) is 0 Å². The molecule has 5 aliphatic rings. The summed E-state index contributed by atoms with van der Waals surface area (Å²) in [6.45, 7) is 2.19. The zero-order valence-corrected chi connectivity index (χ0v) is 22.4.